The molecule has 0 spiro atoms. The van der Waals surface area contributed by atoms with E-state index in [1.807, 2.05) is 0 Å². The SMILES string of the molecule is C=C[CH2][Sn]([CH2]C=C)([CH2]C=C)[NH]Cc1ccccc1. The Morgan fingerprint density at radius 2 is 1.39 bits per heavy atom. The molecule has 0 saturated heterocycles. The monoisotopic (exact) mass is 349 g/mol. The topological polar surface area (TPSA) is 12.0 Å². The molecule has 0 aliphatic rings. The molecule has 96 valence electrons. The zero-order chi connectivity index (χ0) is 13.3. The molecular weight excluding hydrogens is 325 g/mol. The van der Waals surface area contributed by atoms with Crippen molar-refractivity contribution in [1.82, 2.24) is 3.54 Å². The zero-order valence-electron chi connectivity index (χ0n) is 11.1. The van der Waals surface area contributed by atoms with Gasteiger partial charge < -0.3 is 0 Å². The van der Waals surface area contributed by atoms with Crippen LogP contribution in [0.2, 0.25) is 13.3 Å². The number of allylic oxidation sites excluding steroid dienone is 3. The molecule has 0 aromatic heterocycles. The second kappa shape index (κ2) is 8.33. The molecule has 1 rings (SSSR count). The van der Waals surface area contributed by atoms with Crippen molar-refractivity contribution in [2.24, 2.45) is 0 Å². The molecule has 0 unspecified atom stereocenters. The molecule has 0 radical (unpaired) electrons. The Morgan fingerprint density at radius 3 is 1.83 bits per heavy atom. The van der Waals surface area contributed by atoms with E-state index in [1.54, 1.807) is 0 Å². The molecule has 0 aliphatic heterocycles. The predicted molar refractivity (Wildman–Crippen MR) is 84.0 cm³/mol. The fourth-order valence-corrected chi connectivity index (χ4v) is 11.2. The molecule has 0 heterocycles. The molecule has 18 heavy (non-hydrogen) atoms. The first-order valence-corrected chi connectivity index (χ1v) is 13.9. The summed E-state index contributed by atoms with van der Waals surface area (Å²) < 4.78 is 7.22. The van der Waals surface area contributed by atoms with E-state index >= 15 is 0 Å². The van der Waals surface area contributed by atoms with Gasteiger partial charge in [-0.25, -0.2) is 0 Å². The molecule has 0 saturated carbocycles. The van der Waals surface area contributed by atoms with Crippen molar-refractivity contribution in [2.75, 3.05) is 0 Å². The summed E-state index contributed by atoms with van der Waals surface area (Å²) >= 11 is -2.39. The summed E-state index contributed by atoms with van der Waals surface area (Å²) in [6.07, 6.45) is 6.17. The first-order valence-electron chi connectivity index (χ1n) is 6.38. The Hall–Kier alpha value is -0.801. The van der Waals surface area contributed by atoms with Gasteiger partial charge in [-0.1, -0.05) is 0 Å². The maximum absolute atomic E-state index is 3.91. The van der Waals surface area contributed by atoms with Gasteiger partial charge in [0.25, 0.3) is 0 Å². The van der Waals surface area contributed by atoms with Crippen molar-refractivity contribution in [1.29, 1.82) is 0 Å². The van der Waals surface area contributed by atoms with Gasteiger partial charge in [-0.15, -0.1) is 0 Å². The van der Waals surface area contributed by atoms with Gasteiger partial charge in [0, 0.05) is 0 Å². The molecule has 1 N–H and O–H groups in total. The summed E-state index contributed by atoms with van der Waals surface area (Å²) in [5.41, 5.74) is 1.34. The van der Waals surface area contributed by atoms with Gasteiger partial charge in [0.05, 0.1) is 0 Å². The fraction of sp³-hybridized carbons (Fsp3) is 0.250. The Bertz CT molecular complexity index is 357. The fourth-order valence-electron chi connectivity index (χ4n) is 2.18. The van der Waals surface area contributed by atoms with E-state index in [1.165, 1.54) is 5.56 Å². The van der Waals surface area contributed by atoms with Crippen LogP contribution in [0.5, 0.6) is 0 Å². The summed E-state index contributed by atoms with van der Waals surface area (Å²) in [5, 5.41) is 0. The molecule has 1 nitrogen and oxygen atoms in total. The minimum absolute atomic E-state index is 0.951. The van der Waals surface area contributed by atoms with Crippen LogP contribution in [-0.2, 0) is 6.54 Å². The van der Waals surface area contributed by atoms with Gasteiger partial charge in [0.2, 0.25) is 0 Å². The van der Waals surface area contributed by atoms with Crippen LogP contribution in [0.15, 0.2) is 68.3 Å². The van der Waals surface area contributed by atoms with Gasteiger partial charge in [0.1, 0.15) is 0 Å². The first-order chi connectivity index (χ1) is 8.76. The molecule has 0 atom stereocenters. The third-order valence-electron chi connectivity index (χ3n) is 3.12. The molecule has 0 amide bonds. The van der Waals surface area contributed by atoms with Crippen molar-refractivity contribution in [2.45, 2.75) is 19.9 Å². The maximum atomic E-state index is 3.91. The summed E-state index contributed by atoms with van der Waals surface area (Å²) in [6.45, 7) is 12.7. The van der Waals surface area contributed by atoms with Gasteiger partial charge in [-0.2, -0.15) is 0 Å². The Labute approximate surface area is 116 Å². The molecule has 0 bridgehead atoms. The summed E-state index contributed by atoms with van der Waals surface area (Å²) in [5.74, 6) is 0. The van der Waals surface area contributed by atoms with Crippen LogP contribution < -0.4 is 3.54 Å². The Balaban J connectivity index is 2.72. The molecule has 0 aliphatic carbocycles. The average Bonchev–Trinajstić information content (AvgIpc) is 2.39. The van der Waals surface area contributed by atoms with Crippen LogP contribution in [0.1, 0.15) is 5.56 Å². The third-order valence-corrected chi connectivity index (χ3v) is 14.9. The van der Waals surface area contributed by atoms with E-state index in [9.17, 15) is 0 Å². The van der Waals surface area contributed by atoms with Gasteiger partial charge >= 0.3 is 116 Å². The molecular formula is C16H23NSn. The van der Waals surface area contributed by atoms with E-state index in [-0.39, 0.29) is 0 Å². The predicted octanol–water partition coefficient (Wildman–Crippen LogP) is 4.28. The van der Waals surface area contributed by atoms with Crippen LogP contribution in [-0.4, -0.2) is 18.7 Å². The quantitative estimate of drug-likeness (QED) is 0.519. The standard InChI is InChI=1S/C7H8N.3C3H5.Sn/c8-6-7-4-2-1-3-5-7;3*1-3-2;/h1-5,8H,6H2;3*3H,1-2H2;/q-1;;;;+1. The van der Waals surface area contributed by atoms with E-state index in [4.69, 9.17) is 0 Å². The first kappa shape index (κ1) is 15.3. The van der Waals surface area contributed by atoms with E-state index in [0.717, 1.165) is 19.9 Å². The van der Waals surface area contributed by atoms with Crippen LogP contribution in [0.4, 0.5) is 0 Å². The second-order valence-electron chi connectivity index (χ2n) is 4.60. The third kappa shape index (κ3) is 4.83. The molecule has 1 aromatic rings. The molecule has 2 heteroatoms. The van der Waals surface area contributed by atoms with Crippen molar-refractivity contribution in [3.05, 3.63) is 73.9 Å². The van der Waals surface area contributed by atoms with Crippen LogP contribution in [0.3, 0.4) is 0 Å². The van der Waals surface area contributed by atoms with Gasteiger partial charge in [-0.3, -0.25) is 0 Å². The Kier molecular flexibility index (Phi) is 7.06. The summed E-state index contributed by atoms with van der Waals surface area (Å²) in [7, 11) is 0. The number of hydrogen-bond donors (Lipinski definition) is 1. The van der Waals surface area contributed by atoms with Crippen LogP contribution in [0, 0.1) is 0 Å². The number of benzene rings is 1. The van der Waals surface area contributed by atoms with Crippen molar-refractivity contribution < 1.29 is 0 Å². The molecule has 1 aromatic carbocycles. The molecule has 0 fully saturated rings. The van der Waals surface area contributed by atoms with Gasteiger partial charge in [-0.05, 0) is 0 Å². The normalized spacial score (nSPS) is 10.9. The van der Waals surface area contributed by atoms with E-state index < -0.39 is 18.7 Å². The van der Waals surface area contributed by atoms with Gasteiger partial charge in [0.15, 0.2) is 0 Å². The number of rotatable bonds is 9. The summed E-state index contributed by atoms with van der Waals surface area (Å²) in [6, 6.07) is 10.6. The van der Waals surface area contributed by atoms with Crippen molar-refractivity contribution in [3.8, 4) is 0 Å². The number of hydrogen-bond acceptors (Lipinski definition) is 1. The van der Waals surface area contributed by atoms with Crippen LogP contribution >= 0.6 is 0 Å². The van der Waals surface area contributed by atoms with Crippen molar-refractivity contribution in [3.63, 3.8) is 0 Å². The van der Waals surface area contributed by atoms with Crippen LogP contribution in [0.25, 0.3) is 0 Å². The van der Waals surface area contributed by atoms with Crippen molar-refractivity contribution >= 4 is 18.7 Å². The Morgan fingerprint density at radius 1 is 0.889 bits per heavy atom. The van der Waals surface area contributed by atoms with E-state index in [0.29, 0.717) is 0 Å². The van der Waals surface area contributed by atoms with E-state index in [2.05, 4.69) is 71.8 Å². The minimum atomic E-state index is -2.39. The summed E-state index contributed by atoms with van der Waals surface area (Å²) in [4.78, 5) is 0. The zero-order valence-corrected chi connectivity index (χ0v) is 13.9. The number of nitrogens with one attached hydrogen (secondary N) is 1. The second-order valence-corrected chi connectivity index (χ2v) is 16.4. The average molecular weight is 348 g/mol.